The molecule has 0 amide bonds. The fraction of sp³-hybridized carbons (Fsp3) is 0.778. The number of unbranched alkanes of at least 4 members (excludes halogenated alkanes) is 35. The third kappa shape index (κ3) is 72.6. The molecular weight excluding hydrogens is 1310 g/mol. The van der Waals surface area contributed by atoms with E-state index in [0.29, 0.717) is 25.7 Å². The van der Waals surface area contributed by atoms with Crippen molar-refractivity contribution in [1.82, 2.24) is 0 Å². The van der Waals surface area contributed by atoms with Gasteiger partial charge in [-0.15, -0.1) is 0 Å². The quantitative estimate of drug-likeness (QED) is 0.0169. The molecule has 0 aromatic carbocycles. The molecule has 5 atom stereocenters. The molecule has 0 fully saturated rings. The number of phosphoric ester groups is 2. The van der Waals surface area contributed by atoms with Gasteiger partial charge in [0.05, 0.1) is 26.4 Å². The van der Waals surface area contributed by atoms with Crippen molar-refractivity contribution in [3.8, 4) is 0 Å². The number of carbonyl (C=O) groups is 4. The number of carbonyl (C=O) groups excluding carboxylic acids is 4. The van der Waals surface area contributed by atoms with Crippen LogP contribution in [0.4, 0.5) is 0 Å². The van der Waals surface area contributed by atoms with Crippen LogP contribution in [-0.4, -0.2) is 96.7 Å². The van der Waals surface area contributed by atoms with Crippen LogP contribution in [0, 0.1) is 0 Å². The van der Waals surface area contributed by atoms with Gasteiger partial charge in [0.25, 0.3) is 0 Å². The SMILES string of the molecule is CC/C=C\C/C=C\C/C=C\CCCCCCCCCC(=O)OCC(COP(=O)(O)OCC(O)COP(=O)(O)OCC(COC(=O)CCCCCCC/C=C\C/C=C\C/C=C\CC)OC(=O)CCCCCCCCCCCCCCC)OC(=O)CCCCCCC/C=C\CCCCCCCC. The molecule has 0 saturated heterocycles. The van der Waals surface area contributed by atoms with Gasteiger partial charge in [0.15, 0.2) is 12.2 Å². The minimum Gasteiger partial charge on any atom is -0.462 e. The van der Waals surface area contributed by atoms with Crippen LogP contribution in [0.1, 0.15) is 349 Å². The predicted octanol–water partition coefficient (Wildman–Crippen LogP) is 23.0. The Labute approximate surface area is 608 Å². The molecule has 3 N–H and O–H groups in total. The Morgan fingerprint density at radius 2 is 0.520 bits per heavy atom. The molecule has 5 unspecified atom stereocenters. The van der Waals surface area contributed by atoms with E-state index in [-0.39, 0.29) is 25.7 Å². The zero-order valence-electron chi connectivity index (χ0n) is 63.4. The van der Waals surface area contributed by atoms with E-state index in [2.05, 4.69) is 113 Å². The third-order valence-corrected chi connectivity index (χ3v) is 18.8. The van der Waals surface area contributed by atoms with E-state index in [1.807, 2.05) is 0 Å². The standard InChI is InChI=1S/C81H144O17P2/c1-5-9-13-17-21-25-29-33-36-37-40-43-46-50-54-58-62-66-79(84)92-72-77(98-81(86)68-64-60-56-52-48-44-39-35-31-27-23-19-15-11-7-3)74-96-100(89,90)94-70-75(82)69-93-99(87,88)95-73-76(97-80(85)67-63-59-55-51-47-41-32-28-24-20-16-12-8-4)71-91-78(83)65-61-57-53-49-45-42-38-34-30-26-22-18-14-10-6-2/h9-10,13-14,21-22,25-26,33-36,38-39,75-77,82H,5-8,11-12,15-20,23-24,27-32,37,40-74H2,1-4H3,(H,87,88)(H,89,90)/b13-9-,14-10-,25-21-,26-22-,36-33-,38-34-,39-35-. The first-order valence-electron chi connectivity index (χ1n) is 39.8. The van der Waals surface area contributed by atoms with Crippen LogP contribution in [0.25, 0.3) is 0 Å². The molecule has 0 aliphatic rings. The summed E-state index contributed by atoms with van der Waals surface area (Å²) >= 11 is 0. The Balaban J connectivity index is 5.34. The maximum absolute atomic E-state index is 13.1. The zero-order valence-corrected chi connectivity index (χ0v) is 65.2. The highest BCUT2D eigenvalue weighted by molar-refractivity contribution is 7.47. The van der Waals surface area contributed by atoms with Crippen molar-refractivity contribution in [3.63, 3.8) is 0 Å². The van der Waals surface area contributed by atoms with E-state index < -0.39 is 97.5 Å². The molecule has 0 aromatic heterocycles. The van der Waals surface area contributed by atoms with Crippen LogP contribution in [0.3, 0.4) is 0 Å². The van der Waals surface area contributed by atoms with Crippen LogP contribution in [0.15, 0.2) is 85.1 Å². The van der Waals surface area contributed by atoms with Crippen molar-refractivity contribution in [3.05, 3.63) is 85.1 Å². The number of esters is 4. The molecular formula is C81H144O17P2. The van der Waals surface area contributed by atoms with E-state index in [9.17, 15) is 43.2 Å². The van der Waals surface area contributed by atoms with Crippen LogP contribution in [-0.2, 0) is 65.4 Å². The van der Waals surface area contributed by atoms with Gasteiger partial charge in [-0.25, -0.2) is 9.13 Å². The summed E-state index contributed by atoms with van der Waals surface area (Å²) in [6.07, 6.45) is 75.6. The summed E-state index contributed by atoms with van der Waals surface area (Å²) in [6, 6.07) is 0. The lowest BCUT2D eigenvalue weighted by Crippen LogP contribution is -2.30. The molecule has 0 aliphatic carbocycles. The van der Waals surface area contributed by atoms with Gasteiger partial charge in [-0.2, -0.15) is 0 Å². The summed E-state index contributed by atoms with van der Waals surface area (Å²) < 4.78 is 68.6. The number of rotatable bonds is 75. The number of phosphoric acid groups is 2. The summed E-state index contributed by atoms with van der Waals surface area (Å²) in [5.74, 6) is -2.19. The van der Waals surface area contributed by atoms with Crippen molar-refractivity contribution in [2.75, 3.05) is 39.6 Å². The van der Waals surface area contributed by atoms with Crippen LogP contribution in [0.5, 0.6) is 0 Å². The molecule has 17 nitrogen and oxygen atoms in total. The molecule has 0 aromatic rings. The molecule has 100 heavy (non-hydrogen) atoms. The Kier molecular flexibility index (Phi) is 70.8. The lowest BCUT2D eigenvalue weighted by Gasteiger charge is -2.21. The van der Waals surface area contributed by atoms with Gasteiger partial charge in [-0.1, -0.05) is 293 Å². The average molecular weight is 1450 g/mol. The van der Waals surface area contributed by atoms with E-state index in [0.717, 1.165) is 180 Å². The van der Waals surface area contributed by atoms with Crippen molar-refractivity contribution < 1.29 is 80.2 Å². The van der Waals surface area contributed by atoms with Gasteiger partial charge in [0, 0.05) is 25.7 Å². The maximum Gasteiger partial charge on any atom is 0.472 e. The van der Waals surface area contributed by atoms with Crippen LogP contribution >= 0.6 is 15.6 Å². The third-order valence-electron chi connectivity index (χ3n) is 16.9. The van der Waals surface area contributed by atoms with Crippen molar-refractivity contribution in [2.45, 2.75) is 367 Å². The highest BCUT2D eigenvalue weighted by atomic mass is 31.2. The maximum atomic E-state index is 13.1. The molecule has 0 bridgehead atoms. The predicted molar refractivity (Wildman–Crippen MR) is 409 cm³/mol. The molecule has 19 heteroatoms. The first kappa shape index (κ1) is 96.2. The normalized spacial score (nSPS) is 14.3. The Bertz CT molecular complexity index is 2230. The van der Waals surface area contributed by atoms with Gasteiger partial charge in [-0.05, 0) is 116 Å². The van der Waals surface area contributed by atoms with E-state index in [1.54, 1.807) is 0 Å². The van der Waals surface area contributed by atoms with Crippen molar-refractivity contribution >= 4 is 39.5 Å². The molecule has 0 aliphatic heterocycles. The van der Waals surface area contributed by atoms with Crippen molar-refractivity contribution in [2.24, 2.45) is 0 Å². The molecule has 0 saturated carbocycles. The molecule has 0 spiro atoms. The van der Waals surface area contributed by atoms with Crippen molar-refractivity contribution in [1.29, 1.82) is 0 Å². The monoisotopic (exact) mass is 1450 g/mol. The second-order valence-electron chi connectivity index (χ2n) is 26.6. The topological polar surface area (TPSA) is 237 Å². The first-order valence-corrected chi connectivity index (χ1v) is 42.8. The Morgan fingerprint density at radius 1 is 0.290 bits per heavy atom. The molecule has 0 rings (SSSR count). The van der Waals surface area contributed by atoms with Gasteiger partial charge in [-0.3, -0.25) is 37.3 Å². The van der Waals surface area contributed by atoms with Gasteiger partial charge in [0.2, 0.25) is 0 Å². The van der Waals surface area contributed by atoms with E-state index in [1.165, 1.54) is 89.9 Å². The summed E-state index contributed by atoms with van der Waals surface area (Å²) in [6.45, 7) is 4.66. The summed E-state index contributed by atoms with van der Waals surface area (Å²) in [5, 5.41) is 10.6. The van der Waals surface area contributed by atoms with Crippen LogP contribution < -0.4 is 0 Å². The average Bonchev–Trinajstić information content (AvgIpc) is 1.06. The number of ether oxygens (including phenoxy) is 4. The highest BCUT2D eigenvalue weighted by Gasteiger charge is 2.30. The minimum atomic E-state index is -4.98. The fourth-order valence-electron chi connectivity index (χ4n) is 10.8. The summed E-state index contributed by atoms with van der Waals surface area (Å²) in [4.78, 5) is 73.0. The number of hydrogen-bond acceptors (Lipinski definition) is 15. The lowest BCUT2D eigenvalue weighted by molar-refractivity contribution is -0.161. The lowest BCUT2D eigenvalue weighted by atomic mass is 10.0. The number of aliphatic hydroxyl groups is 1. The zero-order chi connectivity index (χ0) is 73.2. The summed E-state index contributed by atoms with van der Waals surface area (Å²) in [5.41, 5.74) is 0. The number of allylic oxidation sites excluding steroid dienone is 14. The highest BCUT2D eigenvalue weighted by Crippen LogP contribution is 2.45. The van der Waals surface area contributed by atoms with Gasteiger partial charge >= 0.3 is 39.5 Å². The van der Waals surface area contributed by atoms with E-state index >= 15 is 0 Å². The number of hydrogen-bond donors (Lipinski definition) is 3. The first-order chi connectivity index (χ1) is 48.7. The largest absolute Gasteiger partial charge is 0.472 e. The molecule has 580 valence electrons. The fourth-order valence-corrected chi connectivity index (χ4v) is 12.4. The Morgan fingerprint density at radius 3 is 0.810 bits per heavy atom. The van der Waals surface area contributed by atoms with Crippen LogP contribution in [0.2, 0.25) is 0 Å². The Hall–Kier alpha value is -3.76. The number of aliphatic hydroxyl groups excluding tert-OH is 1. The molecule has 0 heterocycles. The second kappa shape index (κ2) is 73.5. The smallest absolute Gasteiger partial charge is 0.462 e. The molecule has 0 radical (unpaired) electrons. The minimum absolute atomic E-state index is 0.0846. The van der Waals surface area contributed by atoms with E-state index in [4.69, 9.17) is 37.0 Å². The summed E-state index contributed by atoms with van der Waals surface area (Å²) in [7, 11) is -9.95. The van der Waals surface area contributed by atoms with Gasteiger partial charge in [0.1, 0.15) is 19.3 Å². The van der Waals surface area contributed by atoms with Gasteiger partial charge < -0.3 is 33.8 Å². The second-order valence-corrected chi connectivity index (χ2v) is 29.5.